The van der Waals surface area contributed by atoms with E-state index in [1.54, 1.807) is 7.11 Å². The third-order valence-corrected chi connectivity index (χ3v) is 3.18. The first-order chi connectivity index (χ1) is 7.89. The zero-order valence-electron chi connectivity index (χ0n) is 11.6. The molecule has 0 amide bonds. The van der Waals surface area contributed by atoms with Crippen LogP contribution >= 0.6 is 0 Å². The Kier molecular flexibility index (Phi) is 4.27. The SMILES string of the molecule is CCNC(C)(C)c1nc(C(C)(CC)OC)no1. The maximum atomic E-state index is 5.45. The van der Waals surface area contributed by atoms with Gasteiger partial charge in [0.05, 0.1) is 5.54 Å². The average molecular weight is 241 g/mol. The third-order valence-electron chi connectivity index (χ3n) is 3.18. The van der Waals surface area contributed by atoms with Gasteiger partial charge in [-0.1, -0.05) is 19.0 Å². The van der Waals surface area contributed by atoms with Gasteiger partial charge in [-0.15, -0.1) is 0 Å². The van der Waals surface area contributed by atoms with E-state index < -0.39 is 5.60 Å². The minimum absolute atomic E-state index is 0.317. The van der Waals surface area contributed by atoms with Gasteiger partial charge in [0.1, 0.15) is 5.60 Å². The molecule has 1 aromatic rings. The molecule has 0 radical (unpaired) electrons. The summed E-state index contributed by atoms with van der Waals surface area (Å²) in [6.45, 7) is 10.9. The normalized spacial score (nSPS) is 15.9. The lowest BCUT2D eigenvalue weighted by Gasteiger charge is -2.23. The van der Waals surface area contributed by atoms with E-state index in [2.05, 4.69) is 15.5 Å². The molecular weight excluding hydrogens is 218 g/mol. The maximum Gasteiger partial charge on any atom is 0.246 e. The van der Waals surface area contributed by atoms with Gasteiger partial charge < -0.3 is 14.6 Å². The summed E-state index contributed by atoms with van der Waals surface area (Å²) in [5, 5.41) is 7.33. The molecule has 17 heavy (non-hydrogen) atoms. The van der Waals surface area contributed by atoms with Crippen LogP contribution < -0.4 is 5.32 Å². The Bertz CT molecular complexity index is 356. The highest BCUT2D eigenvalue weighted by Crippen LogP contribution is 2.27. The van der Waals surface area contributed by atoms with Gasteiger partial charge in [0, 0.05) is 7.11 Å². The van der Waals surface area contributed by atoms with Gasteiger partial charge in [0.15, 0.2) is 0 Å². The fraction of sp³-hybridized carbons (Fsp3) is 0.833. The van der Waals surface area contributed by atoms with Crippen LogP contribution in [0.3, 0.4) is 0 Å². The van der Waals surface area contributed by atoms with Gasteiger partial charge in [-0.3, -0.25) is 0 Å². The molecule has 1 atom stereocenters. The molecule has 0 saturated carbocycles. The number of hydrogen-bond acceptors (Lipinski definition) is 5. The Morgan fingerprint density at radius 3 is 2.41 bits per heavy atom. The van der Waals surface area contributed by atoms with Crippen LogP contribution in [0.1, 0.15) is 52.8 Å². The average Bonchev–Trinajstić information content (AvgIpc) is 2.78. The van der Waals surface area contributed by atoms with E-state index in [-0.39, 0.29) is 5.54 Å². The first kappa shape index (κ1) is 14.1. The predicted molar refractivity (Wildman–Crippen MR) is 65.7 cm³/mol. The van der Waals surface area contributed by atoms with Crippen LogP contribution in [0.15, 0.2) is 4.52 Å². The Morgan fingerprint density at radius 2 is 1.94 bits per heavy atom. The predicted octanol–water partition coefficient (Wildman–Crippen LogP) is 2.19. The summed E-state index contributed by atoms with van der Waals surface area (Å²) in [6.07, 6.45) is 0.796. The van der Waals surface area contributed by atoms with Crippen molar-refractivity contribution in [2.24, 2.45) is 0 Å². The molecule has 98 valence electrons. The van der Waals surface area contributed by atoms with E-state index in [9.17, 15) is 0 Å². The molecule has 0 bridgehead atoms. The van der Waals surface area contributed by atoms with Gasteiger partial charge in [-0.05, 0) is 33.7 Å². The van der Waals surface area contributed by atoms with E-state index >= 15 is 0 Å². The van der Waals surface area contributed by atoms with Gasteiger partial charge >= 0.3 is 0 Å². The zero-order chi connectivity index (χ0) is 13.1. The van der Waals surface area contributed by atoms with E-state index in [1.807, 2.05) is 34.6 Å². The van der Waals surface area contributed by atoms with Crippen molar-refractivity contribution in [1.29, 1.82) is 0 Å². The molecule has 0 aromatic carbocycles. The van der Waals surface area contributed by atoms with Crippen LogP contribution in [0, 0.1) is 0 Å². The van der Waals surface area contributed by atoms with Gasteiger partial charge in [0.25, 0.3) is 0 Å². The van der Waals surface area contributed by atoms with Crippen molar-refractivity contribution in [3.8, 4) is 0 Å². The number of nitrogens with zero attached hydrogens (tertiary/aromatic N) is 2. The maximum absolute atomic E-state index is 5.45. The van der Waals surface area contributed by atoms with Crippen LogP contribution in [0.5, 0.6) is 0 Å². The zero-order valence-corrected chi connectivity index (χ0v) is 11.6. The number of ether oxygens (including phenoxy) is 1. The summed E-state index contributed by atoms with van der Waals surface area (Å²) in [7, 11) is 1.66. The first-order valence-electron chi connectivity index (χ1n) is 6.04. The lowest BCUT2D eigenvalue weighted by molar-refractivity contribution is -0.0106. The summed E-state index contributed by atoms with van der Waals surface area (Å²) in [5.41, 5.74) is -0.799. The van der Waals surface area contributed by atoms with Crippen LogP contribution in [-0.4, -0.2) is 23.8 Å². The highest BCUT2D eigenvalue weighted by molar-refractivity contribution is 5.04. The van der Waals surface area contributed by atoms with Crippen LogP contribution in [0.25, 0.3) is 0 Å². The highest BCUT2D eigenvalue weighted by atomic mass is 16.5. The molecule has 1 heterocycles. The first-order valence-corrected chi connectivity index (χ1v) is 6.04. The standard InChI is InChI=1S/C12H23N3O2/c1-7-12(5,16-6)9-14-10(17-15-9)11(3,4)13-8-2/h13H,7-8H2,1-6H3. The minimum Gasteiger partial charge on any atom is -0.370 e. The number of aromatic nitrogens is 2. The summed E-state index contributed by atoms with van der Waals surface area (Å²) < 4.78 is 10.8. The lowest BCUT2D eigenvalue weighted by atomic mass is 10.0. The molecular formula is C12H23N3O2. The van der Waals surface area contributed by atoms with E-state index in [4.69, 9.17) is 9.26 Å². The van der Waals surface area contributed by atoms with Gasteiger partial charge in [-0.2, -0.15) is 4.98 Å². The Labute approximate surface area is 103 Å². The molecule has 1 rings (SSSR count). The number of rotatable bonds is 6. The van der Waals surface area contributed by atoms with Crippen LogP contribution in [-0.2, 0) is 15.9 Å². The summed E-state index contributed by atoms with van der Waals surface area (Å²) in [4.78, 5) is 4.45. The van der Waals surface area contributed by atoms with Crippen molar-refractivity contribution in [3.63, 3.8) is 0 Å². The van der Waals surface area contributed by atoms with Crippen molar-refractivity contribution < 1.29 is 9.26 Å². The quantitative estimate of drug-likeness (QED) is 0.827. The molecule has 0 spiro atoms. The number of methoxy groups -OCH3 is 1. The summed E-state index contributed by atoms with van der Waals surface area (Å²) in [5.74, 6) is 1.19. The van der Waals surface area contributed by atoms with Crippen molar-refractivity contribution in [2.75, 3.05) is 13.7 Å². The van der Waals surface area contributed by atoms with Crippen molar-refractivity contribution in [2.45, 2.75) is 52.2 Å². The molecule has 0 aliphatic carbocycles. The molecule has 1 aromatic heterocycles. The number of hydrogen-bond donors (Lipinski definition) is 1. The monoisotopic (exact) mass is 241 g/mol. The summed E-state index contributed by atoms with van der Waals surface area (Å²) in [6, 6.07) is 0. The lowest BCUT2D eigenvalue weighted by Crippen LogP contribution is -2.36. The van der Waals surface area contributed by atoms with Gasteiger partial charge in [-0.25, -0.2) is 0 Å². The molecule has 0 fully saturated rings. The van der Waals surface area contributed by atoms with E-state index in [1.165, 1.54) is 0 Å². The van der Waals surface area contributed by atoms with E-state index in [0.29, 0.717) is 11.7 Å². The second-order valence-electron chi connectivity index (χ2n) is 4.87. The second kappa shape index (κ2) is 5.14. The molecule has 1 N–H and O–H groups in total. The molecule has 0 saturated heterocycles. The Hall–Kier alpha value is -0.940. The molecule has 0 aliphatic rings. The van der Waals surface area contributed by atoms with Crippen LogP contribution in [0.4, 0.5) is 0 Å². The Morgan fingerprint density at radius 1 is 1.29 bits per heavy atom. The molecule has 1 unspecified atom stereocenters. The largest absolute Gasteiger partial charge is 0.370 e. The Balaban J connectivity index is 2.99. The number of nitrogens with one attached hydrogen (secondary N) is 1. The molecule has 5 nitrogen and oxygen atoms in total. The highest BCUT2D eigenvalue weighted by Gasteiger charge is 2.33. The van der Waals surface area contributed by atoms with Crippen molar-refractivity contribution >= 4 is 0 Å². The molecule has 5 heteroatoms. The molecule has 0 aliphatic heterocycles. The third kappa shape index (κ3) is 2.84. The second-order valence-corrected chi connectivity index (χ2v) is 4.87. The van der Waals surface area contributed by atoms with Crippen molar-refractivity contribution in [1.82, 2.24) is 15.5 Å². The van der Waals surface area contributed by atoms with Crippen molar-refractivity contribution in [3.05, 3.63) is 11.7 Å². The van der Waals surface area contributed by atoms with E-state index in [0.717, 1.165) is 13.0 Å². The fourth-order valence-electron chi connectivity index (χ4n) is 1.60. The fourth-order valence-corrected chi connectivity index (χ4v) is 1.60. The minimum atomic E-state index is -0.482. The van der Waals surface area contributed by atoms with Crippen LogP contribution in [0.2, 0.25) is 0 Å². The topological polar surface area (TPSA) is 60.2 Å². The van der Waals surface area contributed by atoms with Gasteiger partial charge in [0.2, 0.25) is 11.7 Å². The smallest absolute Gasteiger partial charge is 0.246 e. The summed E-state index contributed by atoms with van der Waals surface area (Å²) >= 11 is 0.